The van der Waals surface area contributed by atoms with Crippen LogP contribution in [-0.2, 0) is 4.79 Å². The van der Waals surface area contributed by atoms with Gasteiger partial charge in [0.2, 0.25) is 5.91 Å². The number of anilines is 2. The van der Waals surface area contributed by atoms with Gasteiger partial charge in [0.15, 0.2) is 5.69 Å². The monoisotopic (exact) mass is 515 g/mol. The SMILES string of the molecule is Nc1cccc(-c2ccc(Cl)c(C(=O)Nc3cc(C(=O)N[C@H]4CNC(=O)C4)nn3-c3ccccc3)c2)n1. The second-order valence-corrected chi connectivity index (χ2v) is 8.84. The van der Waals surface area contributed by atoms with Crippen LogP contribution in [0, 0.1) is 0 Å². The first-order valence-electron chi connectivity index (χ1n) is 11.4. The summed E-state index contributed by atoms with van der Waals surface area (Å²) in [6.45, 7) is 0.352. The molecule has 186 valence electrons. The Morgan fingerprint density at radius 1 is 1.03 bits per heavy atom. The molecule has 37 heavy (non-hydrogen) atoms. The van der Waals surface area contributed by atoms with E-state index in [1.54, 1.807) is 48.5 Å². The van der Waals surface area contributed by atoms with Crippen LogP contribution in [0.5, 0.6) is 0 Å². The summed E-state index contributed by atoms with van der Waals surface area (Å²) in [5.74, 6) is -0.454. The van der Waals surface area contributed by atoms with Gasteiger partial charge in [0.05, 0.1) is 28.0 Å². The van der Waals surface area contributed by atoms with Gasteiger partial charge in [-0.3, -0.25) is 14.4 Å². The number of carbonyl (C=O) groups is 3. The maximum Gasteiger partial charge on any atom is 0.272 e. The van der Waals surface area contributed by atoms with Gasteiger partial charge >= 0.3 is 0 Å². The molecular formula is C26H22ClN7O3. The number of benzene rings is 2. The van der Waals surface area contributed by atoms with Crippen LogP contribution >= 0.6 is 11.6 Å². The number of pyridine rings is 1. The van der Waals surface area contributed by atoms with Gasteiger partial charge in [-0.15, -0.1) is 0 Å². The number of para-hydroxylation sites is 1. The van der Waals surface area contributed by atoms with E-state index in [-0.39, 0.29) is 40.5 Å². The van der Waals surface area contributed by atoms with E-state index >= 15 is 0 Å². The molecule has 0 unspecified atom stereocenters. The van der Waals surface area contributed by atoms with Crippen LogP contribution in [0.2, 0.25) is 5.02 Å². The lowest BCUT2D eigenvalue weighted by Gasteiger charge is -2.11. The molecule has 3 amide bonds. The normalized spacial score (nSPS) is 14.7. The van der Waals surface area contributed by atoms with Gasteiger partial charge in [0, 0.05) is 24.6 Å². The van der Waals surface area contributed by atoms with Crippen molar-refractivity contribution in [1.29, 1.82) is 0 Å². The minimum Gasteiger partial charge on any atom is -0.384 e. The Labute approximate surface area is 216 Å². The van der Waals surface area contributed by atoms with E-state index in [4.69, 9.17) is 17.3 Å². The molecule has 0 aliphatic carbocycles. The predicted octanol–water partition coefficient (Wildman–Crippen LogP) is 3.04. The Bertz CT molecular complexity index is 1500. The molecule has 1 atom stereocenters. The first-order valence-corrected chi connectivity index (χ1v) is 11.8. The topological polar surface area (TPSA) is 144 Å². The molecule has 5 N–H and O–H groups in total. The van der Waals surface area contributed by atoms with E-state index in [9.17, 15) is 14.4 Å². The number of halogens is 1. The van der Waals surface area contributed by atoms with Crippen LogP contribution in [0.25, 0.3) is 16.9 Å². The zero-order valence-electron chi connectivity index (χ0n) is 19.4. The third kappa shape index (κ3) is 5.29. The summed E-state index contributed by atoms with van der Waals surface area (Å²) < 4.78 is 1.46. The molecule has 1 aliphatic heterocycles. The second-order valence-electron chi connectivity index (χ2n) is 8.44. The van der Waals surface area contributed by atoms with E-state index < -0.39 is 11.8 Å². The van der Waals surface area contributed by atoms with Crippen LogP contribution in [-0.4, -0.2) is 45.1 Å². The second kappa shape index (κ2) is 10.1. The summed E-state index contributed by atoms with van der Waals surface area (Å²) in [4.78, 5) is 42.0. The Morgan fingerprint density at radius 2 is 1.84 bits per heavy atom. The van der Waals surface area contributed by atoms with Gasteiger partial charge in [-0.1, -0.05) is 41.9 Å². The van der Waals surface area contributed by atoms with Crippen LogP contribution in [0.1, 0.15) is 27.3 Å². The van der Waals surface area contributed by atoms with Crippen molar-refractivity contribution >= 4 is 41.0 Å². The van der Waals surface area contributed by atoms with Crippen LogP contribution in [0.15, 0.2) is 72.8 Å². The number of nitrogens with zero attached hydrogens (tertiary/aromatic N) is 3. The van der Waals surface area contributed by atoms with Gasteiger partial charge in [0.25, 0.3) is 11.8 Å². The summed E-state index contributed by atoms with van der Waals surface area (Å²) in [5, 5.41) is 12.9. The maximum absolute atomic E-state index is 13.3. The Morgan fingerprint density at radius 3 is 2.57 bits per heavy atom. The fraction of sp³-hybridized carbons (Fsp3) is 0.115. The maximum atomic E-state index is 13.3. The number of nitrogens with two attached hydrogens (primary N) is 1. The van der Waals surface area contributed by atoms with Crippen molar-refractivity contribution in [1.82, 2.24) is 25.4 Å². The Balaban J connectivity index is 1.45. The van der Waals surface area contributed by atoms with Crippen molar-refractivity contribution in [2.45, 2.75) is 12.5 Å². The molecule has 2 aromatic carbocycles. The largest absolute Gasteiger partial charge is 0.384 e. The fourth-order valence-electron chi connectivity index (χ4n) is 3.97. The zero-order valence-corrected chi connectivity index (χ0v) is 20.2. The van der Waals surface area contributed by atoms with Crippen molar-refractivity contribution in [3.8, 4) is 16.9 Å². The van der Waals surface area contributed by atoms with E-state index in [1.165, 1.54) is 10.7 Å². The van der Waals surface area contributed by atoms with E-state index in [0.717, 1.165) is 0 Å². The molecule has 3 heterocycles. The summed E-state index contributed by atoms with van der Waals surface area (Å²) in [5.41, 5.74) is 8.00. The number of aromatic nitrogens is 3. The molecule has 0 spiro atoms. The van der Waals surface area contributed by atoms with Gasteiger partial charge in [-0.05, 0) is 36.4 Å². The molecule has 2 aromatic heterocycles. The van der Waals surface area contributed by atoms with Crippen LogP contribution in [0.3, 0.4) is 0 Å². The third-order valence-electron chi connectivity index (χ3n) is 5.77. The molecule has 1 aliphatic rings. The highest BCUT2D eigenvalue weighted by Gasteiger charge is 2.25. The first-order chi connectivity index (χ1) is 17.9. The Hall–Kier alpha value is -4.70. The zero-order chi connectivity index (χ0) is 25.9. The summed E-state index contributed by atoms with van der Waals surface area (Å²) in [6.07, 6.45) is 0.200. The first kappa shape index (κ1) is 24.0. The lowest BCUT2D eigenvalue weighted by atomic mass is 10.1. The highest BCUT2D eigenvalue weighted by atomic mass is 35.5. The number of rotatable bonds is 6. The molecule has 10 nitrogen and oxygen atoms in total. The van der Waals surface area contributed by atoms with Gasteiger partial charge in [-0.2, -0.15) is 5.10 Å². The molecule has 11 heteroatoms. The van der Waals surface area contributed by atoms with E-state index in [1.807, 2.05) is 18.2 Å². The number of carbonyl (C=O) groups excluding carboxylic acids is 3. The van der Waals surface area contributed by atoms with Crippen molar-refractivity contribution in [3.05, 3.63) is 89.1 Å². The molecule has 1 fully saturated rings. The molecule has 1 saturated heterocycles. The number of amides is 3. The predicted molar refractivity (Wildman–Crippen MR) is 139 cm³/mol. The van der Waals surface area contributed by atoms with E-state index in [2.05, 4.69) is 26.0 Å². The van der Waals surface area contributed by atoms with Crippen LogP contribution in [0.4, 0.5) is 11.6 Å². The average Bonchev–Trinajstić information content (AvgIpc) is 3.50. The minimum atomic E-state index is -0.495. The highest BCUT2D eigenvalue weighted by Crippen LogP contribution is 2.26. The molecule has 4 aromatic rings. The van der Waals surface area contributed by atoms with Gasteiger partial charge < -0.3 is 21.7 Å². The smallest absolute Gasteiger partial charge is 0.272 e. The summed E-state index contributed by atoms with van der Waals surface area (Å²) in [6, 6.07) is 20.4. The highest BCUT2D eigenvalue weighted by molar-refractivity contribution is 6.34. The standard InChI is InChI=1S/C26H22ClN7O3/c27-19-10-9-15(20-7-4-8-22(28)31-20)11-18(19)25(36)32-23-13-21(26(37)30-16-12-24(35)29-14-16)33-34(23)17-5-2-1-3-6-17/h1-11,13,16H,12,14H2,(H2,28,31)(H,29,35)(H,30,37)(H,32,36)/t16-/m1/s1. The Kier molecular flexibility index (Phi) is 6.57. The number of nitrogen functional groups attached to an aromatic ring is 1. The van der Waals surface area contributed by atoms with Crippen molar-refractivity contribution < 1.29 is 14.4 Å². The molecule has 0 radical (unpaired) electrons. The fourth-order valence-corrected chi connectivity index (χ4v) is 4.17. The van der Waals surface area contributed by atoms with Crippen LogP contribution < -0.4 is 21.7 Å². The number of hydrogen-bond donors (Lipinski definition) is 4. The van der Waals surface area contributed by atoms with Crippen molar-refractivity contribution in [2.24, 2.45) is 0 Å². The summed E-state index contributed by atoms with van der Waals surface area (Å²) >= 11 is 6.37. The number of nitrogens with one attached hydrogen (secondary N) is 3. The van der Waals surface area contributed by atoms with E-state index in [0.29, 0.717) is 29.3 Å². The summed E-state index contributed by atoms with van der Waals surface area (Å²) in [7, 11) is 0. The molecular weight excluding hydrogens is 494 g/mol. The quantitative estimate of drug-likeness (QED) is 0.310. The molecule has 0 saturated carbocycles. The lowest BCUT2D eigenvalue weighted by Crippen LogP contribution is -2.36. The van der Waals surface area contributed by atoms with Gasteiger partial charge in [0.1, 0.15) is 11.6 Å². The lowest BCUT2D eigenvalue weighted by molar-refractivity contribution is -0.119. The molecule has 0 bridgehead atoms. The van der Waals surface area contributed by atoms with Crippen molar-refractivity contribution in [3.63, 3.8) is 0 Å². The van der Waals surface area contributed by atoms with Crippen molar-refractivity contribution in [2.75, 3.05) is 17.6 Å². The average molecular weight is 516 g/mol. The molecule has 5 rings (SSSR count). The van der Waals surface area contributed by atoms with Gasteiger partial charge in [-0.25, -0.2) is 9.67 Å². The minimum absolute atomic E-state index is 0.0855. The third-order valence-corrected chi connectivity index (χ3v) is 6.10. The number of hydrogen-bond acceptors (Lipinski definition) is 6.